The molecule has 0 bridgehead atoms. The van der Waals surface area contributed by atoms with Crippen molar-refractivity contribution in [1.29, 1.82) is 0 Å². The van der Waals surface area contributed by atoms with Gasteiger partial charge in [-0.1, -0.05) is 12.1 Å². The third-order valence-corrected chi connectivity index (χ3v) is 1.37. The number of hydrogen-bond acceptors (Lipinski definition) is 3. The van der Waals surface area contributed by atoms with Crippen LogP contribution >= 0.6 is 0 Å². The van der Waals surface area contributed by atoms with Gasteiger partial charge in [0.1, 0.15) is 0 Å². The van der Waals surface area contributed by atoms with Crippen molar-refractivity contribution in [3.8, 4) is 5.75 Å². The summed E-state index contributed by atoms with van der Waals surface area (Å²) in [6.07, 6.45) is 0. The molecule has 0 spiro atoms. The number of nitrogens with zero attached hydrogens (tertiary/aromatic N) is 2. The Morgan fingerprint density at radius 3 is 2.75 bits per heavy atom. The minimum absolute atomic E-state index is 0.0822. The highest BCUT2D eigenvalue weighted by atomic mass is 16.6. The highest BCUT2D eigenvalue weighted by Gasteiger charge is 2.10. The van der Waals surface area contributed by atoms with Crippen molar-refractivity contribution in [3.63, 3.8) is 0 Å². The summed E-state index contributed by atoms with van der Waals surface area (Å²) in [5, 5.41) is 21.5. The molecule has 1 aromatic carbocycles. The second-order valence-electron chi connectivity index (χ2n) is 2.03. The number of methoxy groups -OCH3 is 1. The normalized spacial score (nSPS) is 11.2. The molecule has 64 valence electrons. The first-order valence-corrected chi connectivity index (χ1v) is 3.25. The lowest BCUT2D eigenvalue weighted by Gasteiger charge is -2.02. The van der Waals surface area contributed by atoms with Gasteiger partial charge < -0.3 is 15.2 Å². The molecule has 0 radical (unpaired) electrons. The Morgan fingerprint density at radius 2 is 2.17 bits per heavy atom. The van der Waals surface area contributed by atoms with Gasteiger partial charge in [-0.05, 0) is 10.9 Å². The van der Waals surface area contributed by atoms with E-state index in [-0.39, 0.29) is 10.5 Å². The van der Waals surface area contributed by atoms with Crippen LogP contribution in [0.15, 0.2) is 29.5 Å². The molecular weight excluding hydrogens is 160 g/mol. The monoisotopic (exact) mass is 168 g/mol. The van der Waals surface area contributed by atoms with E-state index in [1.54, 1.807) is 18.2 Å². The predicted octanol–water partition coefficient (Wildman–Crippen LogP) is 1.68. The highest BCUT2D eigenvalue weighted by Crippen LogP contribution is 2.25. The number of benzene rings is 1. The molecule has 1 N–H and O–H groups in total. The molecule has 1 aromatic rings. The molecule has 1 rings (SSSR count). The predicted molar refractivity (Wildman–Crippen MR) is 40.5 cm³/mol. The summed E-state index contributed by atoms with van der Waals surface area (Å²) in [6, 6.07) is 6.46. The van der Waals surface area contributed by atoms with Crippen LogP contribution in [0.5, 0.6) is 5.75 Å². The van der Waals surface area contributed by atoms with E-state index in [2.05, 4.69) is 5.28 Å². The molecule has 0 aromatic heterocycles. The summed E-state index contributed by atoms with van der Waals surface area (Å²) in [4.78, 5) is 0.0822. The molecule has 0 aliphatic heterocycles. The van der Waals surface area contributed by atoms with E-state index in [4.69, 9.17) is 9.94 Å². The summed E-state index contributed by atoms with van der Waals surface area (Å²) in [5.41, 5.74) is 0.169. The third-order valence-electron chi connectivity index (χ3n) is 1.37. The molecule has 0 saturated heterocycles. The van der Waals surface area contributed by atoms with E-state index in [0.29, 0.717) is 5.75 Å². The fraction of sp³-hybridized carbons (Fsp3) is 0.143. The van der Waals surface area contributed by atoms with E-state index >= 15 is 0 Å². The smallest absolute Gasteiger partial charge is 0.289 e. The summed E-state index contributed by atoms with van der Waals surface area (Å²) in [7, 11) is 1.43. The second kappa shape index (κ2) is 3.56. The summed E-state index contributed by atoms with van der Waals surface area (Å²) < 4.78 is 4.86. The van der Waals surface area contributed by atoms with Crippen LogP contribution in [0.4, 0.5) is 5.69 Å². The van der Waals surface area contributed by atoms with Gasteiger partial charge in [0.15, 0.2) is 5.75 Å². The first-order valence-electron chi connectivity index (χ1n) is 3.25. The zero-order chi connectivity index (χ0) is 8.97. The maximum absolute atomic E-state index is 10.8. The van der Waals surface area contributed by atoms with Gasteiger partial charge in [0.25, 0.3) is 5.69 Å². The van der Waals surface area contributed by atoms with E-state index in [0.717, 1.165) is 0 Å². The zero-order valence-corrected chi connectivity index (χ0v) is 6.47. The van der Waals surface area contributed by atoms with Crippen molar-refractivity contribution >= 4 is 5.69 Å². The molecule has 0 amide bonds. The van der Waals surface area contributed by atoms with E-state index in [1.165, 1.54) is 13.2 Å². The molecule has 0 saturated carbocycles. The summed E-state index contributed by atoms with van der Waals surface area (Å²) >= 11 is 0. The Kier molecular flexibility index (Phi) is 2.47. The lowest BCUT2D eigenvalue weighted by atomic mass is 10.3. The van der Waals surface area contributed by atoms with Crippen molar-refractivity contribution in [1.82, 2.24) is 0 Å². The van der Waals surface area contributed by atoms with Gasteiger partial charge >= 0.3 is 0 Å². The van der Waals surface area contributed by atoms with Gasteiger partial charge in [0.05, 0.1) is 7.11 Å². The topological polar surface area (TPSA) is 67.9 Å². The molecule has 12 heavy (non-hydrogen) atoms. The average molecular weight is 168 g/mol. The zero-order valence-electron chi connectivity index (χ0n) is 6.47. The van der Waals surface area contributed by atoms with Crippen molar-refractivity contribution in [3.05, 3.63) is 29.5 Å². The molecule has 0 unspecified atom stereocenters. The molecule has 0 heterocycles. The molecule has 0 atom stereocenters. The fourth-order valence-electron chi connectivity index (χ4n) is 0.836. The van der Waals surface area contributed by atoms with Gasteiger partial charge in [-0.3, -0.25) is 0 Å². The van der Waals surface area contributed by atoms with Crippen LogP contribution in [0.3, 0.4) is 0 Å². The number of para-hydroxylation sites is 2. The van der Waals surface area contributed by atoms with Crippen LogP contribution in [-0.2, 0) is 0 Å². The van der Waals surface area contributed by atoms with Crippen LogP contribution in [0.1, 0.15) is 0 Å². The third kappa shape index (κ3) is 1.45. The Hall–Kier alpha value is -1.78. The Bertz CT molecular complexity index is 298. The minimum Gasteiger partial charge on any atom is -0.591 e. The van der Waals surface area contributed by atoms with Crippen molar-refractivity contribution in [2.24, 2.45) is 5.28 Å². The van der Waals surface area contributed by atoms with Gasteiger partial charge in [-0.15, -0.1) is 0 Å². The average Bonchev–Trinajstić information content (AvgIpc) is 2.16. The van der Waals surface area contributed by atoms with E-state index < -0.39 is 0 Å². The van der Waals surface area contributed by atoms with Crippen LogP contribution in [0, 0.1) is 5.21 Å². The first-order chi connectivity index (χ1) is 5.79. The van der Waals surface area contributed by atoms with Crippen LogP contribution in [0.25, 0.3) is 0 Å². The summed E-state index contributed by atoms with van der Waals surface area (Å²) in [5.74, 6) is 0.366. The molecule has 0 aliphatic carbocycles. The quantitative estimate of drug-likeness (QED) is 0.415. The van der Waals surface area contributed by atoms with E-state index in [1.807, 2.05) is 0 Å². The summed E-state index contributed by atoms with van der Waals surface area (Å²) in [6.45, 7) is 0. The fourth-order valence-corrected chi connectivity index (χ4v) is 0.836. The van der Waals surface area contributed by atoms with Crippen LogP contribution < -0.4 is 4.74 Å². The van der Waals surface area contributed by atoms with Crippen LogP contribution in [0.2, 0.25) is 0 Å². The Labute approximate surface area is 69.1 Å². The molecule has 5 heteroatoms. The lowest BCUT2D eigenvalue weighted by Crippen LogP contribution is -1.94. The van der Waals surface area contributed by atoms with Crippen LogP contribution in [-0.4, -0.2) is 17.2 Å². The van der Waals surface area contributed by atoms with Crippen molar-refractivity contribution in [2.45, 2.75) is 0 Å². The maximum atomic E-state index is 10.8. The second-order valence-corrected chi connectivity index (χ2v) is 2.03. The number of rotatable bonds is 2. The maximum Gasteiger partial charge on any atom is 0.289 e. The Balaban J connectivity index is 3.13. The lowest BCUT2D eigenvalue weighted by molar-refractivity contribution is -0.474. The first kappa shape index (κ1) is 8.32. The SMILES string of the molecule is COc1ccccc1/[N+]([O-])=N/O. The molecular formula is C7H8N2O3. The van der Waals surface area contributed by atoms with Gasteiger partial charge in [-0.2, -0.15) is 0 Å². The van der Waals surface area contributed by atoms with Gasteiger partial charge in [-0.25, -0.2) is 0 Å². The highest BCUT2D eigenvalue weighted by molar-refractivity contribution is 5.45. The van der Waals surface area contributed by atoms with Gasteiger partial charge in [0, 0.05) is 6.07 Å². The largest absolute Gasteiger partial charge is 0.591 e. The molecule has 0 aliphatic rings. The number of hydrogen-bond donors (Lipinski definition) is 1. The van der Waals surface area contributed by atoms with E-state index in [9.17, 15) is 5.21 Å². The standard InChI is InChI=1S/C7H8N2O3/c1-12-7-5-3-2-4-6(7)9(11)8-10/h2-5,10H,1H3/b9-8-. The molecule has 5 nitrogen and oxygen atoms in total. The Morgan fingerprint density at radius 1 is 1.50 bits per heavy atom. The van der Waals surface area contributed by atoms with Crippen molar-refractivity contribution < 1.29 is 14.8 Å². The van der Waals surface area contributed by atoms with Crippen molar-refractivity contribution in [2.75, 3.05) is 7.11 Å². The van der Waals surface area contributed by atoms with Gasteiger partial charge in [0.2, 0.25) is 5.28 Å². The molecule has 0 fully saturated rings. The minimum atomic E-state index is 0.0822. The number of ether oxygens (including phenoxy) is 1.